The number of nitro groups is 1. The normalized spacial score (nSPS) is 15.4. The summed E-state index contributed by atoms with van der Waals surface area (Å²) in [6.07, 6.45) is 2.02. The van der Waals surface area contributed by atoms with E-state index in [9.17, 15) is 14.9 Å². The number of aryl methyl sites for hydroxylation is 1. The van der Waals surface area contributed by atoms with E-state index in [1.54, 1.807) is 17.7 Å². The maximum absolute atomic E-state index is 12.0. The number of nitro benzene ring substituents is 1. The van der Waals surface area contributed by atoms with E-state index in [1.807, 2.05) is 0 Å². The molecule has 0 spiro atoms. The molecule has 1 aromatic carbocycles. The molecule has 0 aliphatic heterocycles. The van der Waals surface area contributed by atoms with E-state index in [4.69, 9.17) is 0 Å². The quantitative estimate of drug-likeness (QED) is 0.584. The summed E-state index contributed by atoms with van der Waals surface area (Å²) in [6.45, 7) is 0. The molecule has 2 aromatic rings. The Hall–Kier alpha value is -2.11. The molecule has 0 saturated heterocycles. The highest BCUT2D eigenvalue weighted by Crippen LogP contribution is 2.36. The van der Waals surface area contributed by atoms with Crippen LogP contribution in [0.5, 0.6) is 0 Å². The Bertz CT molecular complexity index is 679. The lowest BCUT2D eigenvalue weighted by Gasteiger charge is -1.98. The van der Waals surface area contributed by atoms with Gasteiger partial charge in [-0.15, -0.1) is 0 Å². The largest absolute Gasteiger partial charge is 0.329 e. The van der Waals surface area contributed by atoms with E-state index >= 15 is 0 Å². The first-order valence-corrected chi connectivity index (χ1v) is 5.45. The molecule has 0 N–H and O–H groups in total. The molecule has 6 heteroatoms. The number of fused-ring (bicyclic) bond motifs is 1. The Morgan fingerprint density at radius 3 is 2.65 bits per heavy atom. The summed E-state index contributed by atoms with van der Waals surface area (Å²) in [6, 6.07) is 4.83. The first kappa shape index (κ1) is 10.1. The second-order valence-electron chi connectivity index (χ2n) is 4.37. The SMILES string of the molecule is Cn1c(=O)n(C2CC2)c2ccc([N+](=O)[O-])cc21. The smallest absolute Gasteiger partial charge is 0.295 e. The van der Waals surface area contributed by atoms with Crippen molar-refractivity contribution in [2.75, 3.05) is 0 Å². The average Bonchev–Trinajstić information content (AvgIpc) is 3.09. The van der Waals surface area contributed by atoms with Crippen LogP contribution in [0.2, 0.25) is 0 Å². The van der Waals surface area contributed by atoms with Crippen molar-refractivity contribution in [1.29, 1.82) is 0 Å². The Morgan fingerprint density at radius 1 is 1.35 bits per heavy atom. The summed E-state index contributed by atoms with van der Waals surface area (Å²) in [5, 5.41) is 10.7. The van der Waals surface area contributed by atoms with Gasteiger partial charge in [-0.05, 0) is 18.9 Å². The standard InChI is InChI=1S/C11H11N3O3/c1-12-10-6-8(14(16)17)4-5-9(10)13(11(12)15)7-2-3-7/h4-7H,2-3H2,1H3. The van der Waals surface area contributed by atoms with Crippen LogP contribution in [-0.4, -0.2) is 14.1 Å². The summed E-state index contributed by atoms with van der Waals surface area (Å²) < 4.78 is 3.21. The highest BCUT2D eigenvalue weighted by molar-refractivity contribution is 5.79. The van der Waals surface area contributed by atoms with Crippen molar-refractivity contribution >= 4 is 16.7 Å². The van der Waals surface area contributed by atoms with Crippen LogP contribution >= 0.6 is 0 Å². The van der Waals surface area contributed by atoms with Gasteiger partial charge in [0.2, 0.25) is 0 Å². The van der Waals surface area contributed by atoms with Crippen molar-refractivity contribution < 1.29 is 4.92 Å². The zero-order valence-corrected chi connectivity index (χ0v) is 9.29. The third-order valence-electron chi connectivity index (χ3n) is 3.20. The number of imidazole rings is 1. The zero-order valence-electron chi connectivity index (χ0n) is 9.29. The third kappa shape index (κ3) is 1.37. The van der Waals surface area contributed by atoms with Crippen molar-refractivity contribution in [3.05, 3.63) is 38.8 Å². The molecule has 17 heavy (non-hydrogen) atoms. The van der Waals surface area contributed by atoms with Gasteiger partial charge >= 0.3 is 5.69 Å². The van der Waals surface area contributed by atoms with Crippen molar-refractivity contribution in [2.24, 2.45) is 7.05 Å². The number of aromatic nitrogens is 2. The topological polar surface area (TPSA) is 70.1 Å². The van der Waals surface area contributed by atoms with Crippen molar-refractivity contribution in [2.45, 2.75) is 18.9 Å². The molecule has 0 amide bonds. The zero-order chi connectivity index (χ0) is 12.2. The summed E-state index contributed by atoms with van der Waals surface area (Å²) >= 11 is 0. The number of hydrogen-bond donors (Lipinski definition) is 0. The maximum Gasteiger partial charge on any atom is 0.329 e. The fraction of sp³-hybridized carbons (Fsp3) is 0.364. The Morgan fingerprint density at radius 2 is 2.06 bits per heavy atom. The Labute approximate surface area is 96.2 Å². The van der Waals surface area contributed by atoms with Gasteiger partial charge < -0.3 is 0 Å². The van der Waals surface area contributed by atoms with Gasteiger partial charge in [0.05, 0.1) is 16.0 Å². The van der Waals surface area contributed by atoms with E-state index < -0.39 is 4.92 Å². The molecule has 1 aliphatic carbocycles. The third-order valence-corrected chi connectivity index (χ3v) is 3.20. The second kappa shape index (κ2) is 3.19. The summed E-state index contributed by atoms with van der Waals surface area (Å²) in [4.78, 5) is 22.3. The van der Waals surface area contributed by atoms with Crippen LogP contribution in [0.15, 0.2) is 23.0 Å². The van der Waals surface area contributed by atoms with Gasteiger partial charge in [-0.1, -0.05) is 0 Å². The van der Waals surface area contributed by atoms with E-state index in [0.29, 0.717) is 5.52 Å². The molecule has 1 saturated carbocycles. The highest BCUT2D eigenvalue weighted by atomic mass is 16.6. The van der Waals surface area contributed by atoms with Gasteiger partial charge in [-0.3, -0.25) is 19.2 Å². The highest BCUT2D eigenvalue weighted by Gasteiger charge is 2.28. The van der Waals surface area contributed by atoms with Gasteiger partial charge in [0, 0.05) is 25.2 Å². The van der Waals surface area contributed by atoms with E-state index in [-0.39, 0.29) is 17.4 Å². The lowest BCUT2D eigenvalue weighted by atomic mass is 10.2. The second-order valence-corrected chi connectivity index (χ2v) is 4.37. The molecule has 0 unspecified atom stereocenters. The number of nitrogens with zero attached hydrogens (tertiary/aromatic N) is 3. The average molecular weight is 233 g/mol. The minimum absolute atomic E-state index is 0.0149. The first-order valence-electron chi connectivity index (χ1n) is 5.45. The lowest BCUT2D eigenvalue weighted by molar-refractivity contribution is -0.384. The number of benzene rings is 1. The van der Waals surface area contributed by atoms with Crippen molar-refractivity contribution in [3.63, 3.8) is 0 Å². The molecule has 1 aliphatic rings. The molecular formula is C11H11N3O3. The predicted octanol–water partition coefficient (Wildman–Crippen LogP) is 1.58. The van der Waals surface area contributed by atoms with Crippen molar-refractivity contribution in [3.8, 4) is 0 Å². The summed E-state index contributed by atoms with van der Waals surface area (Å²) in [5.74, 6) is 0. The Kier molecular flexibility index (Phi) is 1.89. The molecule has 0 atom stereocenters. The van der Waals surface area contributed by atoms with Crippen LogP contribution < -0.4 is 5.69 Å². The van der Waals surface area contributed by atoms with Gasteiger partial charge in [0.15, 0.2) is 0 Å². The molecule has 0 radical (unpaired) electrons. The van der Waals surface area contributed by atoms with Crippen LogP contribution in [0.3, 0.4) is 0 Å². The molecule has 88 valence electrons. The van der Waals surface area contributed by atoms with Crippen molar-refractivity contribution in [1.82, 2.24) is 9.13 Å². The van der Waals surface area contributed by atoms with Gasteiger partial charge in [0.25, 0.3) is 5.69 Å². The Balaban J connectivity index is 2.34. The van der Waals surface area contributed by atoms with E-state index in [0.717, 1.165) is 18.4 Å². The molecule has 6 nitrogen and oxygen atoms in total. The summed E-state index contributed by atoms with van der Waals surface area (Å²) in [7, 11) is 1.65. The van der Waals surface area contributed by atoms with Crippen LogP contribution in [-0.2, 0) is 7.05 Å². The molecule has 1 aromatic heterocycles. The molecule has 1 fully saturated rings. The monoisotopic (exact) mass is 233 g/mol. The molecular weight excluding hydrogens is 222 g/mol. The fourth-order valence-electron chi connectivity index (χ4n) is 2.15. The van der Waals surface area contributed by atoms with Crippen LogP contribution in [0, 0.1) is 10.1 Å². The number of non-ortho nitro benzene ring substituents is 1. The van der Waals surface area contributed by atoms with E-state index in [2.05, 4.69) is 0 Å². The minimum Gasteiger partial charge on any atom is -0.295 e. The molecule has 1 heterocycles. The fourth-order valence-corrected chi connectivity index (χ4v) is 2.15. The van der Waals surface area contributed by atoms with Gasteiger partial charge in [-0.25, -0.2) is 4.79 Å². The molecule has 3 rings (SSSR count). The minimum atomic E-state index is -0.446. The first-order chi connectivity index (χ1) is 8.09. The maximum atomic E-state index is 12.0. The number of rotatable bonds is 2. The molecule has 0 bridgehead atoms. The van der Waals surface area contributed by atoms with E-state index in [1.165, 1.54) is 16.7 Å². The number of hydrogen-bond acceptors (Lipinski definition) is 3. The summed E-state index contributed by atoms with van der Waals surface area (Å²) in [5.41, 5.74) is 1.32. The van der Waals surface area contributed by atoms with Crippen LogP contribution in [0.1, 0.15) is 18.9 Å². The predicted molar refractivity (Wildman–Crippen MR) is 62.1 cm³/mol. The lowest BCUT2D eigenvalue weighted by Crippen LogP contribution is -2.21. The van der Waals surface area contributed by atoms with Crippen LogP contribution in [0.4, 0.5) is 5.69 Å². The van der Waals surface area contributed by atoms with Gasteiger partial charge in [-0.2, -0.15) is 0 Å². The van der Waals surface area contributed by atoms with Gasteiger partial charge in [0.1, 0.15) is 0 Å². The van der Waals surface area contributed by atoms with Crippen LogP contribution in [0.25, 0.3) is 11.0 Å².